The molecule has 6 nitrogen and oxygen atoms in total. The Balaban J connectivity index is 1.91. The summed E-state index contributed by atoms with van der Waals surface area (Å²) in [5.41, 5.74) is 0.236. The number of aliphatic imine (C=N–C) groups is 1. The molecule has 118 valence electrons. The van der Waals surface area contributed by atoms with Crippen LogP contribution in [-0.2, 0) is 19.6 Å². The van der Waals surface area contributed by atoms with Gasteiger partial charge in [-0.25, -0.2) is 8.78 Å². The average Bonchev–Trinajstić information content (AvgIpc) is 2.98. The Hall–Kier alpha value is -2.51. The summed E-state index contributed by atoms with van der Waals surface area (Å²) >= 11 is 0. The molecule has 22 heavy (non-hydrogen) atoms. The second-order valence-corrected chi connectivity index (χ2v) is 4.55. The fourth-order valence-corrected chi connectivity index (χ4v) is 1.92. The normalized spacial score (nSPS) is 11.5. The minimum Gasteiger partial charge on any atom is -0.352 e. The van der Waals surface area contributed by atoms with Gasteiger partial charge in [-0.3, -0.25) is 4.99 Å². The van der Waals surface area contributed by atoms with Gasteiger partial charge in [0.05, 0.1) is 6.54 Å². The van der Waals surface area contributed by atoms with Crippen LogP contribution in [0, 0.1) is 11.6 Å². The highest BCUT2D eigenvalue weighted by atomic mass is 19.1. The Kier molecular flexibility index (Phi) is 5.40. The smallest absolute Gasteiger partial charge is 0.191 e. The third kappa shape index (κ3) is 4.00. The molecule has 2 rings (SSSR count). The van der Waals surface area contributed by atoms with Gasteiger partial charge in [-0.2, -0.15) is 0 Å². The predicted octanol–water partition coefficient (Wildman–Crippen LogP) is 1.44. The summed E-state index contributed by atoms with van der Waals surface area (Å²) in [6, 6.07) is 3.35. The van der Waals surface area contributed by atoms with E-state index in [1.54, 1.807) is 13.4 Å². The van der Waals surface area contributed by atoms with Crippen LogP contribution in [0.25, 0.3) is 0 Å². The van der Waals surface area contributed by atoms with Crippen LogP contribution in [0.1, 0.15) is 18.3 Å². The summed E-state index contributed by atoms with van der Waals surface area (Å²) in [6.45, 7) is 3.32. The third-order valence-electron chi connectivity index (χ3n) is 3.13. The van der Waals surface area contributed by atoms with Gasteiger partial charge in [0.1, 0.15) is 18.0 Å². The van der Waals surface area contributed by atoms with Crippen molar-refractivity contribution in [1.82, 2.24) is 25.4 Å². The van der Waals surface area contributed by atoms with Gasteiger partial charge in [-0.05, 0) is 25.1 Å². The van der Waals surface area contributed by atoms with Crippen molar-refractivity contribution in [3.05, 3.63) is 47.5 Å². The quantitative estimate of drug-likeness (QED) is 0.648. The third-order valence-corrected chi connectivity index (χ3v) is 3.13. The molecule has 0 saturated carbocycles. The Morgan fingerprint density at radius 1 is 1.27 bits per heavy atom. The fraction of sp³-hybridized carbons (Fsp3) is 0.357. The first-order valence-corrected chi connectivity index (χ1v) is 6.89. The number of halogens is 2. The van der Waals surface area contributed by atoms with Gasteiger partial charge in [-0.1, -0.05) is 0 Å². The van der Waals surface area contributed by atoms with E-state index in [4.69, 9.17) is 0 Å². The maximum Gasteiger partial charge on any atom is 0.191 e. The first-order chi connectivity index (χ1) is 10.6. The molecule has 0 spiro atoms. The summed E-state index contributed by atoms with van der Waals surface area (Å²) in [6.07, 6.45) is 1.65. The molecule has 0 aliphatic carbocycles. The number of aryl methyl sites for hydroxylation is 1. The zero-order valence-electron chi connectivity index (χ0n) is 12.5. The topological polar surface area (TPSA) is 67.1 Å². The molecule has 0 radical (unpaired) electrons. The van der Waals surface area contributed by atoms with Crippen LogP contribution in [0.4, 0.5) is 8.78 Å². The van der Waals surface area contributed by atoms with Crippen molar-refractivity contribution in [2.24, 2.45) is 4.99 Å². The van der Waals surface area contributed by atoms with E-state index < -0.39 is 11.6 Å². The molecule has 2 N–H and O–H groups in total. The van der Waals surface area contributed by atoms with Crippen molar-refractivity contribution in [3.63, 3.8) is 0 Å². The number of hydrogen-bond donors (Lipinski definition) is 2. The highest BCUT2D eigenvalue weighted by Gasteiger charge is 2.07. The van der Waals surface area contributed by atoms with Crippen molar-refractivity contribution in [1.29, 1.82) is 0 Å². The zero-order valence-corrected chi connectivity index (χ0v) is 12.5. The summed E-state index contributed by atoms with van der Waals surface area (Å²) in [5, 5.41) is 13.8. The van der Waals surface area contributed by atoms with Crippen molar-refractivity contribution >= 4 is 5.96 Å². The number of rotatable bonds is 5. The highest BCUT2D eigenvalue weighted by Crippen LogP contribution is 2.09. The minimum absolute atomic E-state index is 0.129. The van der Waals surface area contributed by atoms with Crippen molar-refractivity contribution in [2.45, 2.75) is 26.6 Å². The van der Waals surface area contributed by atoms with Gasteiger partial charge in [-0.15, -0.1) is 10.2 Å². The largest absolute Gasteiger partial charge is 0.352 e. The number of hydrogen-bond acceptors (Lipinski definition) is 3. The fourth-order valence-electron chi connectivity index (χ4n) is 1.92. The predicted molar refractivity (Wildman–Crippen MR) is 79.1 cm³/mol. The Bertz CT molecular complexity index is 653. The van der Waals surface area contributed by atoms with Gasteiger partial charge >= 0.3 is 0 Å². The lowest BCUT2D eigenvalue weighted by Gasteiger charge is -2.12. The van der Waals surface area contributed by atoms with E-state index in [2.05, 4.69) is 25.8 Å². The van der Waals surface area contributed by atoms with Gasteiger partial charge < -0.3 is 15.2 Å². The minimum atomic E-state index is -0.475. The monoisotopic (exact) mass is 308 g/mol. The zero-order chi connectivity index (χ0) is 15.9. The van der Waals surface area contributed by atoms with E-state index in [0.717, 1.165) is 30.6 Å². The molecule has 0 aliphatic rings. The number of nitrogens with one attached hydrogen (secondary N) is 2. The molecular formula is C14H18F2N6. The standard InChI is InChI=1S/C14H18F2N6/c1-3-22-9-20-21-13(22)8-19-14(17-2)18-7-10-6-11(15)4-5-12(10)16/h4-6,9H,3,7-8H2,1-2H3,(H2,17,18,19). The molecule has 0 atom stereocenters. The summed E-state index contributed by atoms with van der Waals surface area (Å²) in [4.78, 5) is 4.03. The first-order valence-electron chi connectivity index (χ1n) is 6.89. The van der Waals surface area contributed by atoms with Crippen LogP contribution in [0.2, 0.25) is 0 Å². The van der Waals surface area contributed by atoms with Crippen LogP contribution in [0.3, 0.4) is 0 Å². The Morgan fingerprint density at radius 3 is 2.77 bits per heavy atom. The molecule has 0 saturated heterocycles. The van der Waals surface area contributed by atoms with Crippen molar-refractivity contribution in [3.8, 4) is 0 Å². The molecule has 0 aliphatic heterocycles. The second-order valence-electron chi connectivity index (χ2n) is 4.55. The molecule has 0 amide bonds. The van der Waals surface area contributed by atoms with Crippen molar-refractivity contribution in [2.75, 3.05) is 7.05 Å². The van der Waals surface area contributed by atoms with Crippen LogP contribution in [0.15, 0.2) is 29.5 Å². The van der Waals surface area contributed by atoms with Crippen LogP contribution < -0.4 is 10.6 Å². The van der Waals surface area contributed by atoms with E-state index in [1.165, 1.54) is 0 Å². The summed E-state index contributed by atoms with van der Waals surface area (Å²) < 4.78 is 28.6. The molecule has 8 heteroatoms. The van der Waals surface area contributed by atoms with Gasteiger partial charge in [0, 0.05) is 25.7 Å². The maximum absolute atomic E-state index is 13.5. The molecule has 0 unspecified atom stereocenters. The van der Waals surface area contributed by atoms with Crippen LogP contribution in [-0.4, -0.2) is 27.8 Å². The van der Waals surface area contributed by atoms with E-state index >= 15 is 0 Å². The molecule has 1 aromatic carbocycles. The lowest BCUT2D eigenvalue weighted by molar-refractivity contribution is 0.580. The molecular weight excluding hydrogens is 290 g/mol. The van der Waals surface area contributed by atoms with E-state index in [0.29, 0.717) is 12.5 Å². The SMILES string of the molecule is CCn1cnnc1CNC(=NC)NCc1cc(F)ccc1F. The lowest BCUT2D eigenvalue weighted by Crippen LogP contribution is -2.37. The molecule has 1 heterocycles. The molecule has 0 bridgehead atoms. The number of guanidine groups is 1. The number of benzene rings is 1. The number of nitrogens with zero attached hydrogens (tertiary/aromatic N) is 4. The van der Waals surface area contributed by atoms with Gasteiger partial charge in [0.25, 0.3) is 0 Å². The summed E-state index contributed by atoms with van der Waals surface area (Å²) in [7, 11) is 1.60. The van der Waals surface area contributed by atoms with Crippen molar-refractivity contribution < 1.29 is 8.78 Å². The number of aromatic nitrogens is 3. The second kappa shape index (κ2) is 7.48. The van der Waals surface area contributed by atoms with E-state index in [1.807, 2.05) is 11.5 Å². The molecule has 0 fully saturated rings. The van der Waals surface area contributed by atoms with Gasteiger partial charge in [0.2, 0.25) is 0 Å². The molecule has 2 aromatic rings. The maximum atomic E-state index is 13.5. The lowest BCUT2D eigenvalue weighted by atomic mass is 10.2. The summed E-state index contributed by atoms with van der Waals surface area (Å²) in [5.74, 6) is 0.295. The van der Waals surface area contributed by atoms with Crippen LogP contribution >= 0.6 is 0 Å². The first kappa shape index (κ1) is 15.9. The van der Waals surface area contributed by atoms with E-state index in [9.17, 15) is 8.78 Å². The Morgan fingerprint density at radius 2 is 2.05 bits per heavy atom. The van der Waals surface area contributed by atoms with Crippen LogP contribution in [0.5, 0.6) is 0 Å². The Labute approximate surface area is 127 Å². The molecule has 1 aromatic heterocycles. The van der Waals surface area contributed by atoms with E-state index in [-0.39, 0.29) is 12.1 Å². The average molecular weight is 308 g/mol. The highest BCUT2D eigenvalue weighted by molar-refractivity contribution is 5.79. The van der Waals surface area contributed by atoms with Gasteiger partial charge in [0.15, 0.2) is 11.8 Å².